The van der Waals surface area contributed by atoms with Crippen molar-refractivity contribution in [3.8, 4) is 17.0 Å². The molecule has 5 nitrogen and oxygen atoms in total. The summed E-state index contributed by atoms with van der Waals surface area (Å²) in [6.07, 6.45) is 9.79. The number of anilines is 1. The second-order valence-electron chi connectivity index (χ2n) is 8.44. The molecule has 0 radical (unpaired) electrons. The lowest BCUT2D eigenvalue weighted by molar-refractivity contribution is -0.116. The Morgan fingerprint density at radius 3 is 2.50 bits per heavy atom. The van der Waals surface area contributed by atoms with Crippen molar-refractivity contribution in [3.63, 3.8) is 0 Å². The topological polar surface area (TPSA) is 64.1 Å². The number of nitrogens with zero attached hydrogens (tertiary/aromatic N) is 2. The number of carbonyl (C=O) groups excluding carboxylic acids is 1. The first-order valence-electron chi connectivity index (χ1n) is 11.6. The van der Waals surface area contributed by atoms with Crippen molar-refractivity contribution in [2.75, 3.05) is 12.4 Å². The van der Waals surface area contributed by atoms with Crippen molar-refractivity contribution in [2.24, 2.45) is 0 Å². The highest BCUT2D eigenvalue weighted by Gasteiger charge is 2.23. The fourth-order valence-corrected chi connectivity index (χ4v) is 4.35. The Morgan fingerprint density at radius 2 is 1.78 bits per heavy atom. The van der Waals surface area contributed by atoms with Crippen molar-refractivity contribution in [3.05, 3.63) is 72.1 Å². The van der Waals surface area contributed by atoms with Crippen molar-refractivity contribution in [1.29, 1.82) is 0 Å². The summed E-state index contributed by atoms with van der Waals surface area (Å²) in [7, 11) is 1.66. The van der Waals surface area contributed by atoms with E-state index in [1.807, 2.05) is 42.5 Å². The second kappa shape index (κ2) is 10.9. The maximum atomic E-state index is 12.7. The molecule has 1 fully saturated rings. The Hall–Kier alpha value is -3.21. The molecule has 0 atom stereocenters. The number of hydrogen-bond acceptors (Lipinski definition) is 4. The number of amides is 1. The molecule has 1 aromatic heterocycles. The molecule has 1 aliphatic rings. The maximum absolute atomic E-state index is 12.7. The monoisotopic (exact) mass is 429 g/mol. The minimum absolute atomic E-state index is 0.00416. The van der Waals surface area contributed by atoms with E-state index in [0.717, 1.165) is 48.4 Å². The van der Waals surface area contributed by atoms with Crippen molar-refractivity contribution in [2.45, 2.75) is 57.3 Å². The molecule has 0 unspecified atom stereocenters. The molecule has 5 heteroatoms. The van der Waals surface area contributed by atoms with Gasteiger partial charge in [0, 0.05) is 17.9 Å². The number of benzene rings is 2. The quantitative estimate of drug-likeness (QED) is 0.466. The lowest BCUT2D eigenvalue weighted by Crippen LogP contribution is -2.18. The van der Waals surface area contributed by atoms with Crippen LogP contribution >= 0.6 is 0 Å². The van der Waals surface area contributed by atoms with Gasteiger partial charge in [-0.1, -0.05) is 49.6 Å². The zero-order valence-corrected chi connectivity index (χ0v) is 18.7. The van der Waals surface area contributed by atoms with E-state index in [0.29, 0.717) is 18.2 Å². The van der Waals surface area contributed by atoms with Gasteiger partial charge in [-0.3, -0.25) is 4.79 Å². The summed E-state index contributed by atoms with van der Waals surface area (Å²) in [5.74, 6) is 1.78. The Labute approximate surface area is 190 Å². The van der Waals surface area contributed by atoms with Crippen LogP contribution in [0.4, 0.5) is 5.82 Å². The standard InChI is InChI=1S/C27H31N3O2/c1-32-23-17-15-21(16-18-23)24-19-28-27(26(29-24)22-12-6-3-7-13-22)30-25(31)14-8-11-20-9-4-2-5-10-20/h2,4-5,9-10,15-19,22H,3,6-8,11-14H2,1H3,(H,28,30,31). The third-order valence-corrected chi connectivity index (χ3v) is 6.15. The largest absolute Gasteiger partial charge is 0.497 e. The van der Waals surface area contributed by atoms with Gasteiger partial charge < -0.3 is 10.1 Å². The summed E-state index contributed by atoms with van der Waals surface area (Å²) in [4.78, 5) is 22.3. The Kier molecular flexibility index (Phi) is 7.49. The lowest BCUT2D eigenvalue weighted by Gasteiger charge is -2.23. The Balaban J connectivity index is 1.48. The molecule has 166 valence electrons. The average molecular weight is 430 g/mol. The predicted octanol–water partition coefficient (Wildman–Crippen LogP) is 6.16. The first kappa shape index (κ1) is 22.0. The molecule has 4 rings (SSSR count). The van der Waals surface area contributed by atoms with Gasteiger partial charge >= 0.3 is 0 Å². The summed E-state index contributed by atoms with van der Waals surface area (Å²) < 4.78 is 5.26. The highest BCUT2D eigenvalue weighted by Crippen LogP contribution is 2.36. The van der Waals surface area contributed by atoms with Crippen LogP contribution in [0.15, 0.2) is 60.8 Å². The zero-order chi connectivity index (χ0) is 22.2. The summed E-state index contributed by atoms with van der Waals surface area (Å²) in [6, 6.07) is 18.1. The lowest BCUT2D eigenvalue weighted by atomic mass is 9.86. The summed E-state index contributed by atoms with van der Waals surface area (Å²) in [5, 5.41) is 3.06. The molecule has 1 N–H and O–H groups in total. The highest BCUT2D eigenvalue weighted by molar-refractivity contribution is 5.90. The number of hydrogen-bond donors (Lipinski definition) is 1. The van der Waals surface area contributed by atoms with Gasteiger partial charge in [-0.2, -0.15) is 0 Å². The van der Waals surface area contributed by atoms with Gasteiger partial charge in [-0.05, 0) is 55.5 Å². The van der Waals surface area contributed by atoms with Gasteiger partial charge in [0.05, 0.1) is 24.7 Å². The van der Waals surface area contributed by atoms with E-state index < -0.39 is 0 Å². The van der Waals surface area contributed by atoms with Gasteiger partial charge in [0.25, 0.3) is 0 Å². The first-order chi connectivity index (χ1) is 15.7. The smallest absolute Gasteiger partial charge is 0.225 e. The first-order valence-corrected chi connectivity index (χ1v) is 11.6. The molecular formula is C27H31N3O2. The van der Waals surface area contributed by atoms with E-state index in [2.05, 4.69) is 22.4 Å². The zero-order valence-electron chi connectivity index (χ0n) is 18.7. The number of methoxy groups -OCH3 is 1. The molecule has 32 heavy (non-hydrogen) atoms. The molecule has 0 bridgehead atoms. The molecule has 0 spiro atoms. The average Bonchev–Trinajstić information content (AvgIpc) is 2.85. The number of carbonyl (C=O) groups is 1. The molecule has 1 saturated carbocycles. The van der Waals surface area contributed by atoms with E-state index in [-0.39, 0.29) is 5.91 Å². The third kappa shape index (κ3) is 5.72. The summed E-state index contributed by atoms with van der Waals surface area (Å²) >= 11 is 0. The maximum Gasteiger partial charge on any atom is 0.225 e. The fourth-order valence-electron chi connectivity index (χ4n) is 4.35. The highest BCUT2D eigenvalue weighted by atomic mass is 16.5. The predicted molar refractivity (Wildman–Crippen MR) is 128 cm³/mol. The van der Waals surface area contributed by atoms with Gasteiger partial charge in [-0.15, -0.1) is 0 Å². The van der Waals surface area contributed by atoms with Crippen LogP contribution in [-0.4, -0.2) is 23.0 Å². The number of rotatable bonds is 8. The number of ether oxygens (including phenoxy) is 1. The number of aryl methyl sites for hydroxylation is 1. The Morgan fingerprint density at radius 1 is 1.03 bits per heavy atom. The minimum atomic E-state index is 0.00416. The van der Waals surface area contributed by atoms with Gasteiger partial charge in [0.2, 0.25) is 5.91 Å². The van der Waals surface area contributed by atoms with Crippen LogP contribution in [0, 0.1) is 0 Å². The van der Waals surface area contributed by atoms with E-state index in [1.165, 1.54) is 24.8 Å². The molecule has 1 amide bonds. The van der Waals surface area contributed by atoms with Crippen LogP contribution < -0.4 is 10.1 Å². The van der Waals surface area contributed by atoms with Crippen LogP contribution in [0.2, 0.25) is 0 Å². The summed E-state index contributed by atoms with van der Waals surface area (Å²) in [5.41, 5.74) is 4.01. The molecule has 3 aromatic rings. The van der Waals surface area contributed by atoms with Gasteiger partial charge in [0.1, 0.15) is 5.75 Å². The third-order valence-electron chi connectivity index (χ3n) is 6.15. The fraction of sp³-hybridized carbons (Fsp3) is 0.370. The van der Waals surface area contributed by atoms with E-state index in [9.17, 15) is 4.79 Å². The second-order valence-corrected chi connectivity index (χ2v) is 8.44. The molecule has 0 saturated heterocycles. The van der Waals surface area contributed by atoms with Crippen LogP contribution in [0.3, 0.4) is 0 Å². The van der Waals surface area contributed by atoms with Crippen LogP contribution in [0.25, 0.3) is 11.3 Å². The van der Waals surface area contributed by atoms with E-state index in [1.54, 1.807) is 13.3 Å². The van der Waals surface area contributed by atoms with Gasteiger partial charge in [0.15, 0.2) is 5.82 Å². The van der Waals surface area contributed by atoms with Crippen LogP contribution in [0.1, 0.15) is 62.1 Å². The van der Waals surface area contributed by atoms with Gasteiger partial charge in [-0.25, -0.2) is 9.97 Å². The number of nitrogens with one attached hydrogen (secondary N) is 1. The minimum Gasteiger partial charge on any atom is -0.497 e. The Bertz CT molecular complexity index is 1010. The number of aromatic nitrogens is 2. The van der Waals surface area contributed by atoms with Crippen LogP contribution in [-0.2, 0) is 11.2 Å². The molecular weight excluding hydrogens is 398 g/mol. The molecule has 1 aliphatic carbocycles. The molecule has 0 aliphatic heterocycles. The van der Waals surface area contributed by atoms with Crippen molar-refractivity contribution < 1.29 is 9.53 Å². The van der Waals surface area contributed by atoms with Crippen LogP contribution in [0.5, 0.6) is 5.75 Å². The normalized spacial score (nSPS) is 14.2. The SMILES string of the molecule is COc1ccc(-c2cnc(NC(=O)CCCc3ccccc3)c(C3CCCCC3)n2)cc1. The van der Waals surface area contributed by atoms with E-state index in [4.69, 9.17) is 9.72 Å². The summed E-state index contributed by atoms with van der Waals surface area (Å²) in [6.45, 7) is 0. The molecule has 2 aromatic carbocycles. The van der Waals surface area contributed by atoms with Crippen molar-refractivity contribution in [1.82, 2.24) is 9.97 Å². The van der Waals surface area contributed by atoms with E-state index >= 15 is 0 Å². The van der Waals surface area contributed by atoms with Crippen molar-refractivity contribution >= 4 is 11.7 Å². The molecule has 1 heterocycles.